The molecule has 0 aliphatic carbocycles. The quantitative estimate of drug-likeness (QED) is 0.606. The molecule has 2 aromatic carbocycles. The summed E-state index contributed by atoms with van der Waals surface area (Å²) in [7, 11) is -1.78. The molecule has 0 bridgehead atoms. The van der Waals surface area contributed by atoms with Crippen molar-refractivity contribution in [2.24, 2.45) is 5.10 Å². The van der Waals surface area contributed by atoms with Crippen LogP contribution in [0.1, 0.15) is 33.9 Å². The number of hydrogen-bond donors (Lipinski definition) is 1. The summed E-state index contributed by atoms with van der Waals surface area (Å²) in [4.78, 5) is 13.3. The Bertz CT molecular complexity index is 1220. The standard InChI is InChI=1S/C22H21N3O4S2/c1-29-19-5-3-4-16(12-19)22(26)25-21(17-10-11-30-14-17)13-20(23-25)15-6-8-18(9-7-15)24-31(2,27)28/h3-12,14,21,24H,13H2,1-2H3/t21-/m1/s1. The molecular formula is C22H21N3O4S2. The Kier molecular flexibility index (Phi) is 5.79. The maximum Gasteiger partial charge on any atom is 0.274 e. The van der Waals surface area contributed by atoms with Crippen LogP contribution >= 0.6 is 11.3 Å². The Morgan fingerprint density at radius 3 is 2.61 bits per heavy atom. The number of rotatable bonds is 6. The van der Waals surface area contributed by atoms with E-state index in [-0.39, 0.29) is 11.9 Å². The number of methoxy groups -OCH3 is 1. The van der Waals surface area contributed by atoms with Gasteiger partial charge in [-0.15, -0.1) is 0 Å². The minimum absolute atomic E-state index is 0.208. The third-order valence-corrected chi connectivity index (χ3v) is 6.19. The van der Waals surface area contributed by atoms with Gasteiger partial charge in [0.05, 0.1) is 25.1 Å². The van der Waals surface area contributed by atoms with E-state index in [1.165, 1.54) is 5.01 Å². The molecule has 0 saturated carbocycles. The highest BCUT2D eigenvalue weighted by molar-refractivity contribution is 7.92. The average Bonchev–Trinajstić information content (AvgIpc) is 3.42. The minimum Gasteiger partial charge on any atom is -0.497 e. The minimum atomic E-state index is -3.35. The highest BCUT2D eigenvalue weighted by Gasteiger charge is 2.34. The van der Waals surface area contributed by atoms with Crippen LogP contribution in [0.2, 0.25) is 0 Å². The van der Waals surface area contributed by atoms with Crippen LogP contribution in [0.3, 0.4) is 0 Å². The van der Waals surface area contributed by atoms with Gasteiger partial charge in [-0.25, -0.2) is 13.4 Å². The number of hydrazone groups is 1. The summed E-state index contributed by atoms with van der Waals surface area (Å²) in [6, 6.07) is 15.8. The molecule has 1 N–H and O–H groups in total. The molecule has 4 rings (SSSR count). The number of sulfonamides is 1. The number of anilines is 1. The highest BCUT2D eigenvalue weighted by Crippen LogP contribution is 2.35. The number of benzene rings is 2. The van der Waals surface area contributed by atoms with Gasteiger partial charge in [-0.1, -0.05) is 18.2 Å². The van der Waals surface area contributed by atoms with Crippen molar-refractivity contribution < 1.29 is 17.9 Å². The first-order valence-corrected chi connectivity index (χ1v) is 12.3. The Labute approximate surface area is 185 Å². The van der Waals surface area contributed by atoms with E-state index in [4.69, 9.17) is 4.74 Å². The van der Waals surface area contributed by atoms with Crippen LogP contribution in [0.15, 0.2) is 70.5 Å². The third kappa shape index (κ3) is 4.78. The second-order valence-electron chi connectivity index (χ2n) is 7.16. The monoisotopic (exact) mass is 455 g/mol. The zero-order valence-electron chi connectivity index (χ0n) is 17.0. The molecule has 3 aromatic rings. The smallest absolute Gasteiger partial charge is 0.274 e. The second-order valence-corrected chi connectivity index (χ2v) is 9.69. The maximum absolute atomic E-state index is 13.3. The molecule has 0 fully saturated rings. The molecule has 0 spiro atoms. The Morgan fingerprint density at radius 1 is 1.19 bits per heavy atom. The molecule has 2 heterocycles. The number of nitrogens with one attached hydrogen (secondary N) is 1. The number of ether oxygens (including phenoxy) is 1. The Morgan fingerprint density at radius 2 is 1.97 bits per heavy atom. The lowest BCUT2D eigenvalue weighted by Crippen LogP contribution is -2.26. The average molecular weight is 456 g/mol. The van der Waals surface area contributed by atoms with E-state index < -0.39 is 10.0 Å². The fourth-order valence-electron chi connectivity index (χ4n) is 3.43. The molecule has 7 nitrogen and oxygen atoms in total. The predicted molar refractivity (Wildman–Crippen MR) is 122 cm³/mol. The zero-order chi connectivity index (χ0) is 22.0. The van der Waals surface area contributed by atoms with E-state index in [1.807, 2.05) is 16.8 Å². The fourth-order valence-corrected chi connectivity index (χ4v) is 4.70. The largest absolute Gasteiger partial charge is 0.497 e. The van der Waals surface area contributed by atoms with Crippen molar-refractivity contribution >= 4 is 38.7 Å². The van der Waals surface area contributed by atoms with Crippen molar-refractivity contribution in [3.63, 3.8) is 0 Å². The molecule has 9 heteroatoms. The predicted octanol–water partition coefficient (Wildman–Crippen LogP) is 4.12. The van der Waals surface area contributed by atoms with Gasteiger partial charge in [0.2, 0.25) is 10.0 Å². The van der Waals surface area contributed by atoms with Crippen LogP contribution in [0.4, 0.5) is 5.69 Å². The van der Waals surface area contributed by atoms with Crippen molar-refractivity contribution in [3.05, 3.63) is 82.0 Å². The van der Waals surface area contributed by atoms with E-state index in [2.05, 4.69) is 9.82 Å². The molecule has 0 radical (unpaired) electrons. The van der Waals surface area contributed by atoms with Crippen LogP contribution in [0.5, 0.6) is 5.75 Å². The van der Waals surface area contributed by atoms with E-state index in [0.29, 0.717) is 23.4 Å². The molecule has 1 aromatic heterocycles. The van der Waals surface area contributed by atoms with Crippen LogP contribution in [0.25, 0.3) is 0 Å². The molecule has 1 atom stereocenters. The lowest BCUT2D eigenvalue weighted by molar-refractivity contribution is 0.0711. The molecule has 0 unspecified atom stereocenters. The molecule has 1 aliphatic heterocycles. The molecule has 31 heavy (non-hydrogen) atoms. The number of amides is 1. The summed E-state index contributed by atoms with van der Waals surface area (Å²) < 4.78 is 30.6. The van der Waals surface area contributed by atoms with Crippen LogP contribution in [-0.4, -0.2) is 38.4 Å². The van der Waals surface area contributed by atoms with E-state index in [0.717, 1.165) is 23.1 Å². The van der Waals surface area contributed by atoms with Crippen molar-refractivity contribution in [1.82, 2.24) is 5.01 Å². The van der Waals surface area contributed by atoms with Gasteiger partial charge in [-0.2, -0.15) is 16.4 Å². The van der Waals surface area contributed by atoms with Crippen molar-refractivity contribution in [2.75, 3.05) is 18.1 Å². The Hall–Kier alpha value is -3.17. The van der Waals surface area contributed by atoms with E-state index >= 15 is 0 Å². The van der Waals surface area contributed by atoms with Gasteiger partial charge >= 0.3 is 0 Å². The number of carbonyl (C=O) groups is 1. The van der Waals surface area contributed by atoms with Crippen LogP contribution in [0, 0.1) is 0 Å². The summed E-state index contributed by atoms with van der Waals surface area (Å²) in [5.74, 6) is 0.399. The van der Waals surface area contributed by atoms with Crippen molar-refractivity contribution in [1.29, 1.82) is 0 Å². The first-order chi connectivity index (χ1) is 14.8. The van der Waals surface area contributed by atoms with Gasteiger partial charge in [-0.3, -0.25) is 9.52 Å². The lowest BCUT2D eigenvalue weighted by Gasteiger charge is -2.21. The summed E-state index contributed by atoms with van der Waals surface area (Å²) in [6.07, 6.45) is 1.67. The fraction of sp³-hybridized carbons (Fsp3) is 0.182. The molecule has 1 aliphatic rings. The summed E-state index contributed by atoms with van der Waals surface area (Å²) in [6.45, 7) is 0. The van der Waals surface area contributed by atoms with Crippen LogP contribution < -0.4 is 9.46 Å². The van der Waals surface area contributed by atoms with Gasteiger partial charge in [0.25, 0.3) is 5.91 Å². The Balaban J connectivity index is 1.65. The van der Waals surface area contributed by atoms with Gasteiger partial charge in [0.15, 0.2) is 0 Å². The zero-order valence-corrected chi connectivity index (χ0v) is 18.6. The molecule has 0 saturated heterocycles. The lowest BCUT2D eigenvalue weighted by atomic mass is 10.00. The molecular weight excluding hydrogens is 434 g/mol. The normalized spacial score (nSPS) is 16.1. The topological polar surface area (TPSA) is 88.1 Å². The summed E-state index contributed by atoms with van der Waals surface area (Å²) >= 11 is 1.57. The van der Waals surface area contributed by atoms with Crippen LogP contribution in [-0.2, 0) is 10.0 Å². The van der Waals surface area contributed by atoms with Gasteiger partial charge in [-0.05, 0) is 58.3 Å². The van der Waals surface area contributed by atoms with E-state index in [1.54, 1.807) is 67.0 Å². The van der Waals surface area contributed by atoms with Crippen molar-refractivity contribution in [3.8, 4) is 5.75 Å². The highest BCUT2D eigenvalue weighted by atomic mass is 32.2. The number of thiophene rings is 1. The first kappa shape index (κ1) is 21.1. The van der Waals surface area contributed by atoms with Crippen molar-refractivity contribution in [2.45, 2.75) is 12.5 Å². The number of hydrogen-bond acceptors (Lipinski definition) is 6. The third-order valence-electron chi connectivity index (χ3n) is 4.88. The number of carbonyl (C=O) groups excluding carboxylic acids is 1. The van der Waals surface area contributed by atoms with Gasteiger partial charge in [0, 0.05) is 17.7 Å². The van der Waals surface area contributed by atoms with Gasteiger partial charge < -0.3 is 4.74 Å². The summed E-state index contributed by atoms with van der Waals surface area (Å²) in [5.41, 5.74) is 3.59. The first-order valence-electron chi connectivity index (χ1n) is 9.49. The molecule has 160 valence electrons. The maximum atomic E-state index is 13.3. The number of nitrogens with zero attached hydrogens (tertiary/aromatic N) is 2. The van der Waals surface area contributed by atoms with Gasteiger partial charge in [0.1, 0.15) is 5.75 Å². The SMILES string of the molecule is COc1cccc(C(=O)N2N=C(c3ccc(NS(C)(=O)=O)cc3)C[C@@H]2c2ccsc2)c1. The summed E-state index contributed by atoms with van der Waals surface area (Å²) in [5, 5.41) is 10.2. The molecule has 1 amide bonds. The second kappa shape index (κ2) is 8.52. The van der Waals surface area contributed by atoms with E-state index in [9.17, 15) is 13.2 Å².